The molecule has 2 fully saturated rings. The van der Waals surface area contributed by atoms with Crippen molar-refractivity contribution in [1.82, 2.24) is 10.2 Å². The molecule has 0 saturated carbocycles. The molecule has 2 saturated heterocycles. The first kappa shape index (κ1) is 13.6. The lowest BCUT2D eigenvalue weighted by Gasteiger charge is -2.29. The molecule has 1 amide bonds. The predicted molar refractivity (Wildman–Crippen MR) is 77.2 cm³/mol. The Balaban J connectivity index is 1.89. The number of amides is 1. The lowest BCUT2D eigenvalue weighted by Crippen LogP contribution is -2.40. The molecule has 0 aromatic heterocycles. The molecule has 2 aliphatic heterocycles. The molecule has 0 bridgehead atoms. The molecule has 4 heteroatoms. The fraction of sp³-hybridized carbons (Fsp3) is 0.562. The Kier molecular flexibility index (Phi) is 3.76. The summed E-state index contributed by atoms with van der Waals surface area (Å²) in [7, 11) is 0. The average Bonchev–Trinajstić information content (AvgIpc) is 3.07. The summed E-state index contributed by atoms with van der Waals surface area (Å²) in [5, 5.41) is 3.47. The Bertz CT molecular complexity index is 480. The zero-order chi connectivity index (χ0) is 14.1. The number of rotatable bonds is 3. The van der Waals surface area contributed by atoms with Gasteiger partial charge in [0, 0.05) is 6.61 Å². The maximum Gasteiger partial charge on any atom is 0.241 e. The summed E-state index contributed by atoms with van der Waals surface area (Å²) >= 11 is 0. The molecule has 3 unspecified atom stereocenters. The van der Waals surface area contributed by atoms with Crippen molar-refractivity contribution in [3.63, 3.8) is 0 Å². The smallest absolute Gasteiger partial charge is 0.241 e. The van der Waals surface area contributed by atoms with Crippen LogP contribution in [0.4, 0.5) is 0 Å². The van der Waals surface area contributed by atoms with E-state index in [9.17, 15) is 4.79 Å². The van der Waals surface area contributed by atoms with Crippen molar-refractivity contribution in [2.24, 2.45) is 0 Å². The van der Waals surface area contributed by atoms with Crippen LogP contribution in [0, 0.1) is 6.92 Å². The lowest BCUT2D eigenvalue weighted by atomic mass is 10.1. The number of carbonyl (C=O) groups excluding carboxylic acids is 1. The molecule has 20 heavy (non-hydrogen) atoms. The van der Waals surface area contributed by atoms with Crippen LogP contribution in [-0.2, 0) is 9.53 Å². The van der Waals surface area contributed by atoms with Crippen LogP contribution in [-0.4, -0.2) is 36.1 Å². The van der Waals surface area contributed by atoms with Crippen molar-refractivity contribution in [3.8, 4) is 0 Å². The zero-order valence-electron chi connectivity index (χ0n) is 12.1. The topological polar surface area (TPSA) is 41.6 Å². The summed E-state index contributed by atoms with van der Waals surface area (Å²) in [6.07, 6.45) is 1.75. The highest BCUT2D eigenvalue weighted by atomic mass is 16.5. The second kappa shape index (κ2) is 5.54. The molecule has 2 aliphatic rings. The largest absolute Gasteiger partial charge is 0.379 e. The normalized spacial score (nSPS) is 30.2. The Morgan fingerprint density at radius 3 is 2.70 bits per heavy atom. The van der Waals surface area contributed by atoms with Crippen molar-refractivity contribution in [2.75, 3.05) is 13.2 Å². The monoisotopic (exact) mass is 274 g/mol. The van der Waals surface area contributed by atoms with Gasteiger partial charge in [0.2, 0.25) is 5.91 Å². The number of nitrogens with zero attached hydrogens (tertiary/aromatic N) is 1. The fourth-order valence-corrected chi connectivity index (χ4v) is 3.08. The van der Waals surface area contributed by atoms with Gasteiger partial charge < -0.3 is 9.64 Å². The minimum Gasteiger partial charge on any atom is -0.379 e. The van der Waals surface area contributed by atoms with Gasteiger partial charge in [-0.2, -0.15) is 0 Å². The molecule has 0 aliphatic carbocycles. The predicted octanol–water partition coefficient (Wildman–Crippen LogP) is 1.99. The highest BCUT2D eigenvalue weighted by Crippen LogP contribution is 2.31. The fourth-order valence-electron chi connectivity index (χ4n) is 3.08. The van der Waals surface area contributed by atoms with E-state index in [2.05, 4.69) is 43.4 Å². The van der Waals surface area contributed by atoms with Crippen molar-refractivity contribution in [1.29, 1.82) is 0 Å². The molecule has 1 aromatic carbocycles. The van der Waals surface area contributed by atoms with Gasteiger partial charge in [0.25, 0.3) is 0 Å². The van der Waals surface area contributed by atoms with Crippen LogP contribution in [0.25, 0.3) is 0 Å². The zero-order valence-corrected chi connectivity index (χ0v) is 12.1. The van der Waals surface area contributed by atoms with Crippen LogP contribution in [0.3, 0.4) is 0 Å². The number of benzene rings is 1. The average molecular weight is 274 g/mol. The van der Waals surface area contributed by atoms with Crippen molar-refractivity contribution < 1.29 is 9.53 Å². The van der Waals surface area contributed by atoms with E-state index in [0.717, 1.165) is 25.0 Å². The molecule has 1 N–H and O–H groups in total. The molecule has 108 valence electrons. The third kappa shape index (κ3) is 2.34. The van der Waals surface area contributed by atoms with Crippen LogP contribution in [0.15, 0.2) is 24.3 Å². The summed E-state index contributed by atoms with van der Waals surface area (Å²) in [4.78, 5) is 14.6. The van der Waals surface area contributed by atoms with E-state index in [1.807, 2.05) is 4.90 Å². The van der Waals surface area contributed by atoms with E-state index in [4.69, 9.17) is 4.74 Å². The molecule has 2 heterocycles. The van der Waals surface area contributed by atoms with Crippen LogP contribution in [0.5, 0.6) is 0 Å². The molecule has 3 rings (SSSR count). The van der Waals surface area contributed by atoms with E-state index in [1.54, 1.807) is 0 Å². The summed E-state index contributed by atoms with van der Waals surface area (Å²) in [5.41, 5.74) is 2.40. The number of aryl methyl sites for hydroxylation is 1. The van der Waals surface area contributed by atoms with Gasteiger partial charge in [-0.15, -0.1) is 0 Å². The highest BCUT2D eigenvalue weighted by molar-refractivity contribution is 5.84. The molecular formula is C16H22N2O2. The van der Waals surface area contributed by atoms with Gasteiger partial charge >= 0.3 is 0 Å². The minimum atomic E-state index is -0.0677. The number of hydrogen-bond donors (Lipinski definition) is 1. The summed E-state index contributed by atoms with van der Waals surface area (Å²) in [6, 6.07) is 8.57. The Hall–Kier alpha value is -1.39. The highest BCUT2D eigenvalue weighted by Gasteiger charge is 2.43. The maximum absolute atomic E-state index is 12.6. The molecule has 4 nitrogen and oxygen atoms in total. The Labute approximate surface area is 120 Å². The Morgan fingerprint density at radius 1 is 1.35 bits per heavy atom. The summed E-state index contributed by atoms with van der Waals surface area (Å²) in [5.74, 6) is 0.216. The molecule has 0 spiro atoms. The second-order valence-corrected chi connectivity index (χ2v) is 5.70. The standard InChI is InChI=1S/C16H22N2O2/c1-3-14-16(19)18(13-8-9-20-10-13)15(17-14)12-6-4-11(2)5-7-12/h4-7,13-15,17H,3,8-10H2,1-2H3. The van der Waals surface area contributed by atoms with Crippen molar-refractivity contribution in [3.05, 3.63) is 35.4 Å². The maximum atomic E-state index is 12.6. The van der Waals surface area contributed by atoms with Gasteiger partial charge in [0.1, 0.15) is 6.17 Å². The van der Waals surface area contributed by atoms with Gasteiger partial charge in [0.15, 0.2) is 0 Å². The van der Waals surface area contributed by atoms with E-state index in [-0.39, 0.29) is 24.2 Å². The van der Waals surface area contributed by atoms with E-state index in [0.29, 0.717) is 6.61 Å². The molecular weight excluding hydrogens is 252 g/mol. The number of ether oxygens (including phenoxy) is 1. The van der Waals surface area contributed by atoms with Crippen LogP contribution < -0.4 is 5.32 Å². The molecule has 0 radical (unpaired) electrons. The van der Waals surface area contributed by atoms with Crippen LogP contribution in [0.2, 0.25) is 0 Å². The molecule has 1 aromatic rings. The number of hydrogen-bond acceptors (Lipinski definition) is 3. The first-order valence-electron chi connectivity index (χ1n) is 7.43. The van der Waals surface area contributed by atoms with Gasteiger partial charge in [-0.05, 0) is 25.3 Å². The number of carbonyl (C=O) groups is 1. The second-order valence-electron chi connectivity index (χ2n) is 5.70. The number of nitrogens with one attached hydrogen (secondary N) is 1. The quantitative estimate of drug-likeness (QED) is 0.916. The first-order chi connectivity index (χ1) is 9.70. The van der Waals surface area contributed by atoms with Crippen molar-refractivity contribution >= 4 is 5.91 Å². The van der Waals surface area contributed by atoms with Gasteiger partial charge in [-0.3, -0.25) is 10.1 Å². The lowest BCUT2D eigenvalue weighted by molar-refractivity contribution is -0.132. The van der Waals surface area contributed by atoms with E-state index >= 15 is 0 Å². The van der Waals surface area contributed by atoms with Gasteiger partial charge in [-0.1, -0.05) is 36.8 Å². The third-order valence-corrected chi connectivity index (χ3v) is 4.29. The third-order valence-electron chi connectivity index (χ3n) is 4.29. The summed E-state index contributed by atoms with van der Waals surface area (Å²) in [6.45, 7) is 5.54. The van der Waals surface area contributed by atoms with Crippen LogP contribution >= 0.6 is 0 Å². The molecule has 3 atom stereocenters. The Morgan fingerprint density at radius 2 is 2.10 bits per heavy atom. The first-order valence-corrected chi connectivity index (χ1v) is 7.43. The minimum absolute atomic E-state index is 0.0141. The van der Waals surface area contributed by atoms with E-state index in [1.165, 1.54) is 5.56 Å². The summed E-state index contributed by atoms with van der Waals surface area (Å²) < 4.78 is 5.47. The van der Waals surface area contributed by atoms with Crippen LogP contribution in [0.1, 0.15) is 37.1 Å². The van der Waals surface area contributed by atoms with Crippen molar-refractivity contribution in [2.45, 2.75) is 44.9 Å². The van der Waals surface area contributed by atoms with Gasteiger partial charge in [-0.25, -0.2) is 0 Å². The van der Waals surface area contributed by atoms with E-state index < -0.39 is 0 Å². The van der Waals surface area contributed by atoms with Gasteiger partial charge in [0.05, 0.1) is 18.7 Å². The SMILES string of the molecule is CCC1NC(c2ccc(C)cc2)N(C2CCOC2)C1=O.